The average molecular weight is 929 g/mol. The second kappa shape index (κ2) is 16.3. The molecule has 0 saturated heterocycles. The normalized spacial score (nSPS) is 16.9. The molecule has 0 aliphatic heterocycles. The lowest BCUT2D eigenvalue weighted by Gasteiger charge is -2.24. The molecule has 15 rings (SSSR count). The summed E-state index contributed by atoms with van der Waals surface area (Å²) < 4.78 is 8.93. The van der Waals surface area contributed by atoms with Crippen LogP contribution in [0.25, 0.3) is 117 Å². The molecule has 1 fully saturated rings. The van der Waals surface area contributed by atoms with Crippen LogP contribution < -0.4 is 0 Å². The van der Waals surface area contributed by atoms with Gasteiger partial charge in [-0.15, -0.1) is 0 Å². The average Bonchev–Trinajstić information content (AvgIpc) is 3.96. The maximum atomic E-state index is 6.63. The molecule has 3 aromatic heterocycles. The molecule has 4 aliphatic carbocycles. The van der Waals surface area contributed by atoms with Gasteiger partial charge in [0.15, 0.2) is 11.6 Å². The Morgan fingerprint density at radius 1 is 0.542 bits per heavy atom. The number of hydrogen-bond donors (Lipinski definition) is 0. The zero-order valence-corrected chi connectivity index (χ0v) is 40.9. The minimum atomic E-state index is -0.0166. The molecule has 1 saturated carbocycles. The number of nitrogens with zero attached hydrogens (tertiary/aromatic N) is 4. The van der Waals surface area contributed by atoms with Crippen LogP contribution in [0.1, 0.15) is 75.3 Å². The highest BCUT2D eigenvalue weighted by molar-refractivity contribution is 6.21. The number of para-hydroxylation sites is 1. The summed E-state index contributed by atoms with van der Waals surface area (Å²) in [7, 11) is 0. The first-order valence-corrected chi connectivity index (χ1v) is 25.7. The predicted octanol–water partition coefficient (Wildman–Crippen LogP) is 17.8. The van der Waals surface area contributed by atoms with Crippen molar-refractivity contribution in [3.05, 3.63) is 216 Å². The van der Waals surface area contributed by atoms with Gasteiger partial charge < -0.3 is 4.42 Å². The first-order valence-electron chi connectivity index (χ1n) is 25.7. The molecule has 0 N–H and O–H groups in total. The molecule has 0 spiro atoms. The summed E-state index contributed by atoms with van der Waals surface area (Å²) in [5.74, 6) is 3.95. The number of fused-ring (bicyclic) bond motifs is 12. The topological polar surface area (TPSA) is 56.7 Å². The Kier molecular flexibility index (Phi) is 9.63. The van der Waals surface area contributed by atoms with E-state index in [1.54, 1.807) is 0 Å². The Balaban J connectivity index is 0.00000238. The molecule has 2 unspecified atom stereocenters. The summed E-state index contributed by atoms with van der Waals surface area (Å²) in [5.41, 5.74) is 18.8. The second-order valence-electron chi connectivity index (χ2n) is 20.2. The minimum absolute atomic E-state index is 0.0166. The van der Waals surface area contributed by atoms with Crippen molar-refractivity contribution in [2.45, 2.75) is 58.3 Å². The zero-order chi connectivity index (χ0) is 48.2. The van der Waals surface area contributed by atoms with E-state index in [4.69, 9.17) is 19.4 Å². The maximum absolute atomic E-state index is 6.63. The van der Waals surface area contributed by atoms with E-state index in [2.05, 4.69) is 194 Å². The summed E-state index contributed by atoms with van der Waals surface area (Å²) in [6.07, 6.45) is 12.7. The Morgan fingerprint density at radius 3 is 2.04 bits per heavy atom. The van der Waals surface area contributed by atoms with Crippen LogP contribution in [0.3, 0.4) is 0 Å². The Labute approximate surface area is 419 Å². The molecule has 11 aromatic rings. The molecule has 5 heteroatoms. The lowest BCUT2D eigenvalue weighted by atomic mass is 9.79. The molecular weight excluding hydrogens is 877 g/mol. The number of hydrogen-bond acceptors (Lipinski definition) is 4. The van der Waals surface area contributed by atoms with Gasteiger partial charge in [-0.2, -0.15) is 9.97 Å². The molecule has 3 heterocycles. The second-order valence-corrected chi connectivity index (χ2v) is 20.2. The third kappa shape index (κ3) is 6.56. The van der Waals surface area contributed by atoms with Crippen molar-refractivity contribution in [2.75, 3.05) is 0 Å². The predicted molar refractivity (Wildman–Crippen MR) is 298 cm³/mol. The SMILES string of the molecule is CC.CC1(C)C2=C(CCC=C2)c2ccc(-c3cccc(-c4cccc(-c5cccc6c7ccc8ccccc8c7n(-c7nc(-c8ccccc8)nc(-c8ccc9c%10c(oc9c8)C8CC8C=C%10)n7)c56)c4)c3)cc21. The van der Waals surface area contributed by atoms with Crippen LogP contribution in [-0.4, -0.2) is 19.5 Å². The number of allylic oxidation sites excluding steroid dienone is 5. The van der Waals surface area contributed by atoms with Crippen LogP contribution in [-0.2, 0) is 5.41 Å². The van der Waals surface area contributed by atoms with Crippen molar-refractivity contribution in [1.29, 1.82) is 0 Å². The third-order valence-corrected chi connectivity index (χ3v) is 15.8. The van der Waals surface area contributed by atoms with Crippen LogP contribution in [0, 0.1) is 5.92 Å². The molecule has 5 nitrogen and oxygen atoms in total. The summed E-state index contributed by atoms with van der Waals surface area (Å²) >= 11 is 0. The minimum Gasteiger partial charge on any atom is -0.460 e. The lowest BCUT2D eigenvalue weighted by molar-refractivity contribution is 0.545. The molecular formula is C67H52N4O. The van der Waals surface area contributed by atoms with E-state index >= 15 is 0 Å². The van der Waals surface area contributed by atoms with Crippen molar-refractivity contribution >= 4 is 55.2 Å². The molecule has 4 aliphatic rings. The first-order chi connectivity index (χ1) is 35.4. The molecule has 0 amide bonds. The Morgan fingerprint density at radius 2 is 1.21 bits per heavy atom. The van der Waals surface area contributed by atoms with Crippen molar-refractivity contribution in [3.63, 3.8) is 0 Å². The largest absolute Gasteiger partial charge is 0.460 e. The van der Waals surface area contributed by atoms with Gasteiger partial charge in [0, 0.05) is 55.1 Å². The summed E-state index contributed by atoms with van der Waals surface area (Å²) in [4.78, 5) is 16.1. The van der Waals surface area contributed by atoms with Crippen LogP contribution in [0.15, 0.2) is 198 Å². The summed E-state index contributed by atoms with van der Waals surface area (Å²) in [5, 5.41) is 5.69. The number of rotatable bonds is 6. The number of benzene rings is 8. The Hall–Kier alpha value is -8.41. The first kappa shape index (κ1) is 42.5. The van der Waals surface area contributed by atoms with E-state index in [0.717, 1.165) is 96.4 Å². The van der Waals surface area contributed by atoms with Crippen molar-refractivity contribution in [1.82, 2.24) is 19.5 Å². The molecule has 2 atom stereocenters. The van der Waals surface area contributed by atoms with E-state index in [9.17, 15) is 0 Å². The van der Waals surface area contributed by atoms with Crippen molar-refractivity contribution in [2.24, 2.45) is 5.92 Å². The van der Waals surface area contributed by atoms with Gasteiger partial charge in [0.05, 0.1) is 11.0 Å². The van der Waals surface area contributed by atoms with E-state index in [0.29, 0.717) is 29.4 Å². The maximum Gasteiger partial charge on any atom is 0.238 e. The lowest BCUT2D eigenvalue weighted by Crippen LogP contribution is -2.16. The smallest absolute Gasteiger partial charge is 0.238 e. The molecule has 0 radical (unpaired) electrons. The van der Waals surface area contributed by atoms with Gasteiger partial charge in [0.25, 0.3) is 0 Å². The van der Waals surface area contributed by atoms with Gasteiger partial charge in [0.2, 0.25) is 5.95 Å². The summed E-state index contributed by atoms with van der Waals surface area (Å²) in [6.45, 7) is 8.76. The zero-order valence-electron chi connectivity index (χ0n) is 40.9. The fraction of sp³-hybridized carbons (Fsp3) is 0.149. The highest BCUT2D eigenvalue weighted by atomic mass is 16.3. The number of aromatic nitrogens is 4. The van der Waals surface area contributed by atoms with Crippen LogP contribution in [0.2, 0.25) is 0 Å². The van der Waals surface area contributed by atoms with Crippen molar-refractivity contribution in [3.8, 4) is 62.1 Å². The molecule has 346 valence electrons. The van der Waals surface area contributed by atoms with E-state index in [1.165, 1.54) is 44.5 Å². The van der Waals surface area contributed by atoms with Gasteiger partial charge in [0.1, 0.15) is 11.3 Å². The summed E-state index contributed by atoms with van der Waals surface area (Å²) in [6, 6.07) is 61.7. The highest BCUT2D eigenvalue weighted by Crippen LogP contribution is 2.55. The fourth-order valence-corrected chi connectivity index (χ4v) is 12.2. The van der Waals surface area contributed by atoms with Gasteiger partial charge >= 0.3 is 0 Å². The van der Waals surface area contributed by atoms with Crippen LogP contribution in [0.5, 0.6) is 0 Å². The van der Waals surface area contributed by atoms with E-state index in [1.807, 2.05) is 32.0 Å². The highest BCUT2D eigenvalue weighted by Gasteiger charge is 2.43. The molecule has 72 heavy (non-hydrogen) atoms. The van der Waals surface area contributed by atoms with E-state index < -0.39 is 0 Å². The third-order valence-electron chi connectivity index (χ3n) is 15.8. The van der Waals surface area contributed by atoms with E-state index in [-0.39, 0.29) is 5.41 Å². The monoisotopic (exact) mass is 928 g/mol. The number of furan rings is 1. The van der Waals surface area contributed by atoms with Crippen molar-refractivity contribution < 1.29 is 4.42 Å². The van der Waals surface area contributed by atoms with Crippen LogP contribution >= 0.6 is 0 Å². The quantitative estimate of drug-likeness (QED) is 0.167. The fourth-order valence-electron chi connectivity index (χ4n) is 12.2. The van der Waals surface area contributed by atoms with Gasteiger partial charge in [-0.1, -0.05) is 192 Å². The molecule has 8 aromatic carbocycles. The molecule has 0 bridgehead atoms. The van der Waals surface area contributed by atoms with Gasteiger partial charge in [-0.05, 0) is 111 Å². The van der Waals surface area contributed by atoms with Crippen LogP contribution in [0.4, 0.5) is 0 Å². The van der Waals surface area contributed by atoms with Gasteiger partial charge in [-0.25, -0.2) is 4.98 Å². The van der Waals surface area contributed by atoms with Gasteiger partial charge in [-0.3, -0.25) is 4.57 Å². The Bertz CT molecular complexity index is 4140. The standard InChI is InChI=1S/C65H46N4O.C2H6/c1-65(2)56-24-9-8-21-49(56)50-29-26-43(36-57(50)65)41-17-10-16-40(33-41)42-18-11-19-44(34-42)48-22-12-23-52-53-31-25-38-13-6-7-20-47(38)59(53)69(60(48)52)64-67-62(39-14-4-3-5-15-39)66-63(68-64)46-28-30-51-54-32-27-45-35-55(45)61(54)70-58(51)37-46;1-2/h3-7,9-20,22-34,36-37,45,55H,8,21,35H2,1-2H3;1-2H3.